The molecule has 0 saturated heterocycles. The third-order valence-corrected chi connectivity index (χ3v) is 4.20. The molecule has 1 aromatic heterocycles. The van der Waals surface area contributed by atoms with Gasteiger partial charge in [0.25, 0.3) is 0 Å². The van der Waals surface area contributed by atoms with Crippen LogP contribution in [0.5, 0.6) is 0 Å². The Labute approximate surface area is 111 Å². The molecular formula is C12H17N3O2S. The highest BCUT2D eigenvalue weighted by atomic mass is 32.2. The minimum Gasteiger partial charge on any atom is -0.465 e. The van der Waals surface area contributed by atoms with Gasteiger partial charge in [-0.05, 0) is 26.2 Å². The Balaban J connectivity index is 1.94. The van der Waals surface area contributed by atoms with Crippen LogP contribution in [0.1, 0.15) is 26.2 Å². The van der Waals surface area contributed by atoms with Crippen molar-refractivity contribution in [2.24, 2.45) is 5.73 Å². The molecule has 0 amide bonds. The molecule has 0 radical (unpaired) electrons. The lowest BCUT2D eigenvalue weighted by molar-refractivity contribution is -0.149. The van der Waals surface area contributed by atoms with Crippen molar-refractivity contribution in [3.8, 4) is 0 Å². The maximum absolute atomic E-state index is 11.8. The number of carbonyl (C=O) groups is 1. The first-order valence-corrected chi connectivity index (χ1v) is 6.91. The van der Waals surface area contributed by atoms with E-state index in [1.165, 1.54) is 0 Å². The molecule has 1 aliphatic carbocycles. The van der Waals surface area contributed by atoms with Crippen LogP contribution in [0, 0.1) is 0 Å². The zero-order valence-electron chi connectivity index (χ0n) is 10.3. The van der Waals surface area contributed by atoms with Crippen molar-refractivity contribution in [2.45, 2.75) is 42.0 Å². The first kappa shape index (κ1) is 13.3. The predicted octanol–water partition coefficient (Wildman–Crippen LogP) is 1.38. The SMILES string of the molecule is CCOC(=O)C1(N)CCC(Sc2cnccn2)C1. The number of hydrogen-bond donors (Lipinski definition) is 1. The van der Waals surface area contributed by atoms with Gasteiger partial charge in [0.1, 0.15) is 10.6 Å². The largest absolute Gasteiger partial charge is 0.465 e. The van der Waals surface area contributed by atoms with Gasteiger partial charge < -0.3 is 10.5 Å². The standard InChI is InChI=1S/C12H17N3O2S/c1-2-17-11(16)12(13)4-3-9(7-12)18-10-8-14-5-6-15-10/h5-6,8-9H,2-4,7,13H2,1H3. The molecule has 1 fully saturated rings. The van der Waals surface area contributed by atoms with E-state index in [0.29, 0.717) is 24.7 Å². The van der Waals surface area contributed by atoms with E-state index < -0.39 is 5.54 Å². The molecular weight excluding hydrogens is 250 g/mol. The molecule has 1 aromatic rings. The molecule has 2 rings (SSSR count). The average Bonchev–Trinajstić information content (AvgIpc) is 2.74. The molecule has 2 unspecified atom stereocenters. The number of esters is 1. The molecule has 18 heavy (non-hydrogen) atoms. The van der Waals surface area contributed by atoms with Gasteiger partial charge in [0.2, 0.25) is 0 Å². The molecule has 1 aliphatic rings. The van der Waals surface area contributed by atoms with Crippen LogP contribution in [0.25, 0.3) is 0 Å². The summed E-state index contributed by atoms with van der Waals surface area (Å²) in [7, 11) is 0. The first-order valence-electron chi connectivity index (χ1n) is 6.03. The fourth-order valence-corrected chi connectivity index (χ4v) is 3.31. The van der Waals surface area contributed by atoms with Crippen LogP contribution in [-0.4, -0.2) is 33.3 Å². The number of ether oxygens (including phenoxy) is 1. The summed E-state index contributed by atoms with van der Waals surface area (Å²) in [6.45, 7) is 2.17. The van der Waals surface area contributed by atoms with Crippen molar-refractivity contribution < 1.29 is 9.53 Å². The van der Waals surface area contributed by atoms with E-state index in [1.54, 1.807) is 37.3 Å². The maximum Gasteiger partial charge on any atom is 0.326 e. The van der Waals surface area contributed by atoms with Crippen molar-refractivity contribution >= 4 is 17.7 Å². The van der Waals surface area contributed by atoms with Gasteiger partial charge >= 0.3 is 5.97 Å². The Hall–Kier alpha value is -1.14. The van der Waals surface area contributed by atoms with Crippen LogP contribution in [0.3, 0.4) is 0 Å². The molecule has 0 bridgehead atoms. The summed E-state index contributed by atoms with van der Waals surface area (Å²) >= 11 is 1.63. The summed E-state index contributed by atoms with van der Waals surface area (Å²) in [5.41, 5.74) is 5.29. The molecule has 6 heteroatoms. The van der Waals surface area contributed by atoms with Crippen LogP contribution in [-0.2, 0) is 9.53 Å². The van der Waals surface area contributed by atoms with Gasteiger partial charge in [0.05, 0.1) is 12.8 Å². The predicted molar refractivity (Wildman–Crippen MR) is 69.1 cm³/mol. The molecule has 98 valence electrons. The molecule has 2 atom stereocenters. The van der Waals surface area contributed by atoms with Crippen LogP contribution in [0.2, 0.25) is 0 Å². The first-order chi connectivity index (χ1) is 8.64. The summed E-state index contributed by atoms with van der Waals surface area (Å²) in [5, 5.41) is 1.17. The lowest BCUT2D eigenvalue weighted by atomic mass is 10.00. The molecule has 2 N–H and O–H groups in total. The van der Waals surface area contributed by atoms with Crippen molar-refractivity contribution in [1.82, 2.24) is 9.97 Å². The van der Waals surface area contributed by atoms with Crippen molar-refractivity contribution in [2.75, 3.05) is 6.61 Å². The number of nitrogens with zero attached hydrogens (tertiary/aromatic N) is 2. The number of nitrogens with two attached hydrogens (primary N) is 1. The summed E-state index contributed by atoms with van der Waals surface area (Å²) < 4.78 is 5.03. The Morgan fingerprint density at radius 2 is 2.50 bits per heavy atom. The molecule has 0 aliphatic heterocycles. The van der Waals surface area contributed by atoms with Crippen molar-refractivity contribution in [3.63, 3.8) is 0 Å². The molecule has 1 saturated carbocycles. The second-order valence-corrected chi connectivity index (χ2v) is 5.72. The van der Waals surface area contributed by atoms with E-state index in [-0.39, 0.29) is 5.97 Å². The van der Waals surface area contributed by atoms with E-state index in [2.05, 4.69) is 9.97 Å². The number of aromatic nitrogens is 2. The minimum atomic E-state index is -0.824. The van der Waals surface area contributed by atoms with Crippen LogP contribution < -0.4 is 5.73 Å². The highest BCUT2D eigenvalue weighted by molar-refractivity contribution is 7.99. The summed E-state index contributed by atoms with van der Waals surface area (Å²) in [4.78, 5) is 20.0. The lowest BCUT2D eigenvalue weighted by Crippen LogP contribution is -2.47. The number of carbonyl (C=O) groups excluding carboxylic acids is 1. The summed E-state index contributed by atoms with van der Waals surface area (Å²) in [6.07, 6.45) is 7.24. The molecule has 0 aromatic carbocycles. The fourth-order valence-electron chi connectivity index (χ4n) is 2.11. The Kier molecular flexibility index (Phi) is 4.19. The van der Waals surface area contributed by atoms with Crippen LogP contribution in [0.15, 0.2) is 23.6 Å². The van der Waals surface area contributed by atoms with Gasteiger partial charge in [-0.2, -0.15) is 0 Å². The van der Waals surface area contributed by atoms with E-state index in [9.17, 15) is 4.79 Å². The number of thioether (sulfide) groups is 1. The normalized spacial score (nSPS) is 27.1. The fraction of sp³-hybridized carbons (Fsp3) is 0.583. The monoisotopic (exact) mass is 267 g/mol. The van der Waals surface area contributed by atoms with Gasteiger partial charge in [-0.3, -0.25) is 9.78 Å². The zero-order chi connectivity index (χ0) is 13.0. The minimum absolute atomic E-state index is 0.285. The second-order valence-electron chi connectivity index (χ2n) is 4.40. The van der Waals surface area contributed by atoms with Gasteiger partial charge in [-0.1, -0.05) is 0 Å². The molecule has 0 spiro atoms. The van der Waals surface area contributed by atoms with Gasteiger partial charge in [-0.25, -0.2) is 4.98 Å². The van der Waals surface area contributed by atoms with E-state index >= 15 is 0 Å². The van der Waals surface area contributed by atoms with E-state index in [1.807, 2.05) is 0 Å². The number of rotatable bonds is 4. The maximum atomic E-state index is 11.8. The van der Waals surface area contributed by atoms with E-state index in [0.717, 1.165) is 11.4 Å². The van der Waals surface area contributed by atoms with Crippen molar-refractivity contribution in [3.05, 3.63) is 18.6 Å². The third-order valence-electron chi connectivity index (χ3n) is 3.01. The summed E-state index contributed by atoms with van der Waals surface area (Å²) in [6, 6.07) is 0. The highest BCUT2D eigenvalue weighted by Crippen LogP contribution is 2.38. The molecule has 5 nitrogen and oxygen atoms in total. The second kappa shape index (κ2) is 5.67. The van der Waals surface area contributed by atoms with Crippen molar-refractivity contribution in [1.29, 1.82) is 0 Å². The molecule has 1 heterocycles. The average molecular weight is 267 g/mol. The Morgan fingerprint density at radius 3 is 3.17 bits per heavy atom. The Morgan fingerprint density at radius 1 is 1.67 bits per heavy atom. The van der Waals surface area contributed by atoms with Gasteiger partial charge in [-0.15, -0.1) is 11.8 Å². The van der Waals surface area contributed by atoms with E-state index in [4.69, 9.17) is 10.5 Å². The topological polar surface area (TPSA) is 78.1 Å². The zero-order valence-corrected chi connectivity index (χ0v) is 11.2. The summed E-state index contributed by atoms with van der Waals surface area (Å²) in [5.74, 6) is -0.285. The Bertz CT molecular complexity index is 415. The smallest absolute Gasteiger partial charge is 0.326 e. The lowest BCUT2D eigenvalue weighted by Gasteiger charge is -2.21. The van der Waals surface area contributed by atoms with Gasteiger partial charge in [0.15, 0.2) is 0 Å². The third kappa shape index (κ3) is 3.00. The quantitative estimate of drug-likeness (QED) is 0.830. The number of hydrogen-bond acceptors (Lipinski definition) is 6. The van der Waals surface area contributed by atoms with Crippen LogP contribution in [0.4, 0.5) is 0 Å². The highest BCUT2D eigenvalue weighted by Gasteiger charge is 2.43. The van der Waals surface area contributed by atoms with Crippen LogP contribution >= 0.6 is 11.8 Å². The van der Waals surface area contributed by atoms with Gasteiger partial charge in [0, 0.05) is 17.6 Å².